The van der Waals surface area contributed by atoms with Gasteiger partial charge in [-0.25, -0.2) is 0 Å². The lowest BCUT2D eigenvalue weighted by Gasteiger charge is -2.24. The number of nitrogens with zero attached hydrogens (tertiary/aromatic N) is 1. The molecule has 0 radical (unpaired) electrons. The topological polar surface area (TPSA) is 67.9 Å². The van der Waals surface area contributed by atoms with Crippen LogP contribution in [0.25, 0.3) is 0 Å². The highest BCUT2D eigenvalue weighted by Crippen LogP contribution is 2.32. The van der Waals surface area contributed by atoms with Crippen molar-refractivity contribution in [1.29, 1.82) is 0 Å². The number of hydrogen-bond donors (Lipinski definition) is 1. The molecule has 3 rings (SSSR count). The summed E-state index contributed by atoms with van der Waals surface area (Å²) in [5.74, 6) is 0.953. The predicted octanol–water partition coefficient (Wildman–Crippen LogP) is 3.21. The largest absolute Gasteiger partial charge is 0.494 e. The summed E-state index contributed by atoms with van der Waals surface area (Å²) in [5, 5.41) is 2.94. The van der Waals surface area contributed by atoms with Gasteiger partial charge in [0.2, 0.25) is 11.8 Å². The zero-order valence-electron chi connectivity index (χ0n) is 15.6. The number of ether oxygens (including phenoxy) is 2. The maximum atomic E-state index is 12.8. The molecule has 142 valence electrons. The van der Waals surface area contributed by atoms with Gasteiger partial charge in [0.25, 0.3) is 0 Å². The van der Waals surface area contributed by atoms with E-state index in [4.69, 9.17) is 9.47 Å². The van der Waals surface area contributed by atoms with E-state index < -0.39 is 0 Å². The van der Waals surface area contributed by atoms with E-state index in [2.05, 4.69) is 5.32 Å². The molecular weight excluding hydrogens is 332 g/mol. The fraction of sp³-hybridized carbons (Fsp3) is 0.600. The Morgan fingerprint density at radius 3 is 2.62 bits per heavy atom. The Morgan fingerprint density at radius 1 is 1.19 bits per heavy atom. The van der Waals surface area contributed by atoms with Crippen LogP contribution >= 0.6 is 0 Å². The number of rotatable bonds is 7. The van der Waals surface area contributed by atoms with Gasteiger partial charge in [-0.05, 0) is 38.8 Å². The van der Waals surface area contributed by atoms with E-state index in [-0.39, 0.29) is 24.2 Å². The van der Waals surface area contributed by atoms with E-state index in [0.717, 1.165) is 12.8 Å². The number of hydrogen-bond acceptors (Lipinski definition) is 4. The summed E-state index contributed by atoms with van der Waals surface area (Å²) >= 11 is 0. The molecule has 1 aliphatic heterocycles. The third-order valence-corrected chi connectivity index (χ3v) is 5.11. The number of nitrogens with one attached hydrogen (secondary N) is 1. The van der Waals surface area contributed by atoms with E-state index >= 15 is 0 Å². The van der Waals surface area contributed by atoms with Gasteiger partial charge in [-0.1, -0.05) is 12.8 Å². The van der Waals surface area contributed by atoms with Gasteiger partial charge in [-0.3, -0.25) is 9.59 Å². The molecule has 6 nitrogen and oxygen atoms in total. The molecule has 0 bridgehead atoms. The number of likely N-dealkylation sites (tertiary alicyclic amines) is 1. The van der Waals surface area contributed by atoms with E-state index in [9.17, 15) is 9.59 Å². The molecule has 0 aromatic heterocycles. The van der Waals surface area contributed by atoms with E-state index in [1.54, 1.807) is 12.1 Å². The highest BCUT2D eigenvalue weighted by molar-refractivity contribution is 5.98. The maximum Gasteiger partial charge on any atom is 0.229 e. The molecule has 6 heteroatoms. The molecule has 1 aliphatic carbocycles. The number of anilines is 1. The summed E-state index contributed by atoms with van der Waals surface area (Å²) < 4.78 is 11.1. The van der Waals surface area contributed by atoms with E-state index in [0.29, 0.717) is 43.0 Å². The fourth-order valence-corrected chi connectivity index (χ4v) is 3.86. The molecule has 1 saturated carbocycles. The van der Waals surface area contributed by atoms with Crippen molar-refractivity contribution < 1.29 is 19.1 Å². The molecule has 1 saturated heterocycles. The van der Waals surface area contributed by atoms with Crippen molar-refractivity contribution >= 4 is 17.5 Å². The monoisotopic (exact) mass is 360 g/mol. The van der Waals surface area contributed by atoms with Gasteiger partial charge in [0.05, 0.1) is 24.8 Å². The minimum atomic E-state index is -0.312. The van der Waals surface area contributed by atoms with E-state index in [1.807, 2.05) is 24.8 Å². The molecule has 2 amide bonds. The lowest BCUT2D eigenvalue weighted by molar-refractivity contribution is -0.129. The first kappa shape index (κ1) is 18.5. The van der Waals surface area contributed by atoms with Crippen LogP contribution in [0.2, 0.25) is 0 Å². The normalized spacial score (nSPS) is 20.5. The van der Waals surface area contributed by atoms with Gasteiger partial charge < -0.3 is 19.7 Å². The van der Waals surface area contributed by atoms with Crippen molar-refractivity contribution in [2.24, 2.45) is 5.92 Å². The van der Waals surface area contributed by atoms with Crippen LogP contribution < -0.4 is 14.8 Å². The Morgan fingerprint density at radius 2 is 1.92 bits per heavy atom. The summed E-state index contributed by atoms with van der Waals surface area (Å²) in [6, 6.07) is 5.72. The average molecular weight is 360 g/mol. The van der Waals surface area contributed by atoms with Crippen LogP contribution in [0.15, 0.2) is 18.2 Å². The second kappa shape index (κ2) is 8.43. The fourth-order valence-electron chi connectivity index (χ4n) is 3.86. The summed E-state index contributed by atoms with van der Waals surface area (Å²) in [5.41, 5.74) is 0.592. The molecule has 0 unspecified atom stereocenters. The molecule has 1 aromatic rings. The molecule has 1 aromatic carbocycles. The van der Waals surface area contributed by atoms with Gasteiger partial charge in [0.1, 0.15) is 11.5 Å². The zero-order valence-corrected chi connectivity index (χ0v) is 15.6. The van der Waals surface area contributed by atoms with Crippen molar-refractivity contribution in [3.05, 3.63) is 18.2 Å². The number of amides is 2. The minimum Gasteiger partial charge on any atom is -0.494 e. The van der Waals surface area contributed by atoms with Gasteiger partial charge in [0.15, 0.2) is 0 Å². The van der Waals surface area contributed by atoms with Crippen molar-refractivity contribution in [2.75, 3.05) is 25.1 Å². The van der Waals surface area contributed by atoms with Gasteiger partial charge >= 0.3 is 0 Å². The molecule has 1 N–H and O–H groups in total. The third-order valence-electron chi connectivity index (χ3n) is 5.11. The van der Waals surface area contributed by atoms with Crippen LogP contribution in [-0.4, -0.2) is 42.5 Å². The van der Waals surface area contributed by atoms with Crippen LogP contribution in [0.5, 0.6) is 11.5 Å². The molecule has 1 heterocycles. The van der Waals surface area contributed by atoms with Crippen molar-refractivity contribution in [1.82, 2.24) is 4.90 Å². The smallest absolute Gasteiger partial charge is 0.229 e. The third kappa shape index (κ3) is 4.11. The molecule has 26 heavy (non-hydrogen) atoms. The standard InChI is InChI=1S/C20H28N2O4/c1-3-25-16-9-10-18(26-4-2)17(12-16)21-20(24)14-11-19(23)22(13-14)15-7-5-6-8-15/h9-10,12,14-15H,3-8,11,13H2,1-2H3,(H,21,24)/t14-/m1/s1. The Bertz CT molecular complexity index is 655. The molecule has 0 spiro atoms. The van der Waals surface area contributed by atoms with Crippen molar-refractivity contribution in [3.63, 3.8) is 0 Å². The highest BCUT2D eigenvalue weighted by atomic mass is 16.5. The van der Waals surface area contributed by atoms with Crippen molar-refractivity contribution in [3.8, 4) is 11.5 Å². The first-order valence-electron chi connectivity index (χ1n) is 9.62. The number of benzene rings is 1. The van der Waals surface area contributed by atoms with Gasteiger partial charge in [-0.2, -0.15) is 0 Å². The first-order valence-corrected chi connectivity index (χ1v) is 9.62. The number of carbonyl (C=O) groups is 2. The quantitative estimate of drug-likeness (QED) is 0.811. The molecule has 1 atom stereocenters. The Kier molecular flexibility index (Phi) is 6.01. The molecule has 2 fully saturated rings. The van der Waals surface area contributed by atoms with Gasteiger partial charge in [0, 0.05) is 25.1 Å². The van der Waals surface area contributed by atoms with Crippen LogP contribution in [-0.2, 0) is 9.59 Å². The highest BCUT2D eigenvalue weighted by Gasteiger charge is 2.38. The predicted molar refractivity (Wildman–Crippen MR) is 99.5 cm³/mol. The Hall–Kier alpha value is -2.24. The van der Waals surface area contributed by atoms with E-state index in [1.165, 1.54) is 12.8 Å². The Labute approximate surface area is 154 Å². The number of carbonyl (C=O) groups excluding carboxylic acids is 2. The van der Waals surface area contributed by atoms with Crippen LogP contribution in [0.4, 0.5) is 5.69 Å². The first-order chi connectivity index (χ1) is 12.6. The van der Waals surface area contributed by atoms with Crippen molar-refractivity contribution in [2.45, 2.75) is 52.0 Å². The maximum absolute atomic E-state index is 12.8. The molecule has 2 aliphatic rings. The van der Waals surface area contributed by atoms with Crippen LogP contribution in [0.1, 0.15) is 46.0 Å². The van der Waals surface area contributed by atoms with Crippen LogP contribution in [0.3, 0.4) is 0 Å². The summed E-state index contributed by atoms with van der Waals surface area (Å²) in [6.45, 7) is 5.39. The second-order valence-electron chi connectivity index (χ2n) is 6.90. The Balaban J connectivity index is 1.69. The second-order valence-corrected chi connectivity index (χ2v) is 6.90. The van der Waals surface area contributed by atoms with Crippen LogP contribution in [0, 0.1) is 5.92 Å². The summed E-state index contributed by atoms with van der Waals surface area (Å²) in [4.78, 5) is 27.0. The zero-order chi connectivity index (χ0) is 18.5. The SMILES string of the molecule is CCOc1ccc(OCC)c(NC(=O)[C@@H]2CC(=O)N(C3CCCC3)C2)c1. The molecular formula is C20H28N2O4. The average Bonchev–Trinajstić information content (AvgIpc) is 3.27. The minimum absolute atomic E-state index is 0.102. The van der Waals surface area contributed by atoms with Gasteiger partial charge in [-0.15, -0.1) is 0 Å². The summed E-state index contributed by atoms with van der Waals surface area (Å²) in [6.07, 6.45) is 4.76. The lowest BCUT2D eigenvalue weighted by atomic mass is 10.1. The lowest BCUT2D eigenvalue weighted by Crippen LogP contribution is -2.35. The summed E-state index contributed by atoms with van der Waals surface area (Å²) in [7, 11) is 0.